The van der Waals surface area contributed by atoms with E-state index in [9.17, 15) is 9.59 Å². The largest absolute Gasteiger partial charge is 0.468 e. The molecule has 34 heavy (non-hydrogen) atoms. The molecule has 2 atom stereocenters. The number of hydrogen-bond donors (Lipinski definition) is 0. The second-order valence-corrected chi connectivity index (χ2v) is 10.4. The van der Waals surface area contributed by atoms with Gasteiger partial charge in [0.1, 0.15) is 10.9 Å². The summed E-state index contributed by atoms with van der Waals surface area (Å²) in [6.45, 7) is 0.0909. The number of carbonyl (C=O) groups excluding carboxylic acids is 2. The van der Waals surface area contributed by atoms with Crippen LogP contribution >= 0.6 is 24.0 Å². The summed E-state index contributed by atoms with van der Waals surface area (Å²) in [5.41, 5.74) is 4.56. The number of carbonyl (C=O) groups is 2. The minimum absolute atomic E-state index is 0.170. The summed E-state index contributed by atoms with van der Waals surface area (Å²) in [5.74, 6) is 1.26. The van der Waals surface area contributed by atoms with Crippen LogP contribution in [0.25, 0.3) is 6.08 Å². The molecule has 0 N–H and O–H groups in total. The second-order valence-electron chi connectivity index (χ2n) is 8.67. The van der Waals surface area contributed by atoms with E-state index >= 15 is 0 Å². The molecule has 3 heterocycles. The first-order valence-electron chi connectivity index (χ1n) is 11.2. The van der Waals surface area contributed by atoms with Crippen LogP contribution < -0.4 is 14.4 Å². The van der Waals surface area contributed by atoms with Crippen molar-refractivity contribution in [1.29, 1.82) is 0 Å². The highest BCUT2D eigenvalue weighted by Gasteiger charge is 2.42. The Balaban J connectivity index is 1.32. The van der Waals surface area contributed by atoms with Crippen molar-refractivity contribution in [3.8, 4) is 11.5 Å². The Morgan fingerprint density at radius 2 is 2.06 bits per heavy atom. The van der Waals surface area contributed by atoms with Crippen molar-refractivity contribution < 1.29 is 23.8 Å². The SMILES string of the molecule is COC(=O)CN1C(=O)/C(=C/c2ccc3c(c2)C2CCCC2N3c2ccc3c(c2)OCO3)SC1=S. The summed E-state index contributed by atoms with van der Waals surface area (Å²) in [4.78, 5) is 28.7. The average Bonchev–Trinajstić information content (AvgIpc) is 3.60. The Hall–Kier alpha value is -3.04. The normalized spacial score (nSPS) is 23.6. The van der Waals surface area contributed by atoms with Gasteiger partial charge in [-0.1, -0.05) is 36.5 Å². The zero-order valence-electron chi connectivity index (χ0n) is 18.5. The predicted octanol–water partition coefficient (Wildman–Crippen LogP) is 4.58. The van der Waals surface area contributed by atoms with Crippen LogP contribution in [0.15, 0.2) is 41.3 Å². The van der Waals surface area contributed by atoms with E-state index in [2.05, 4.69) is 33.9 Å². The quantitative estimate of drug-likeness (QED) is 0.348. The zero-order chi connectivity index (χ0) is 23.4. The molecule has 1 saturated heterocycles. The number of benzene rings is 2. The number of amides is 1. The van der Waals surface area contributed by atoms with E-state index in [1.807, 2.05) is 18.2 Å². The summed E-state index contributed by atoms with van der Waals surface area (Å²) < 4.78 is 16.2. The maximum absolute atomic E-state index is 12.8. The molecule has 0 aromatic heterocycles. The van der Waals surface area contributed by atoms with Gasteiger partial charge in [-0.05, 0) is 54.3 Å². The van der Waals surface area contributed by atoms with Gasteiger partial charge in [-0.3, -0.25) is 14.5 Å². The molecule has 6 rings (SSSR count). The van der Waals surface area contributed by atoms with Gasteiger partial charge in [0, 0.05) is 29.4 Å². The van der Waals surface area contributed by atoms with Crippen LogP contribution in [0.1, 0.15) is 36.3 Å². The summed E-state index contributed by atoms with van der Waals surface area (Å²) in [6, 6.07) is 12.9. The van der Waals surface area contributed by atoms with Gasteiger partial charge < -0.3 is 19.1 Å². The van der Waals surface area contributed by atoms with Gasteiger partial charge in [-0.2, -0.15) is 0 Å². The van der Waals surface area contributed by atoms with E-state index in [-0.39, 0.29) is 19.2 Å². The highest BCUT2D eigenvalue weighted by atomic mass is 32.2. The Morgan fingerprint density at radius 1 is 1.21 bits per heavy atom. The molecule has 3 aliphatic heterocycles. The number of methoxy groups -OCH3 is 1. The molecule has 7 nitrogen and oxygen atoms in total. The standard InChI is InChI=1S/C25H22N2O5S2/c1-30-23(28)12-26-24(29)22(34-25(26)33)10-14-5-7-19-17(9-14)16-3-2-4-18(16)27(19)15-6-8-20-21(11-15)32-13-31-20/h5-11,16,18H,2-4,12-13H2,1H3/b22-10-. The Bertz CT molecular complexity index is 1260. The topological polar surface area (TPSA) is 68.3 Å². The highest BCUT2D eigenvalue weighted by Crippen LogP contribution is 2.53. The number of fused-ring (bicyclic) bond motifs is 4. The first-order valence-corrected chi connectivity index (χ1v) is 12.4. The van der Waals surface area contributed by atoms with Crippen LogP contribution in [0.4, 0.5) is 11.4 Å². The van der Waals surface area contributed by atoms with Crippen molar-refractivity contribution in [3.05, 3.63) is 52.4 Å². The van der Waals surface area contributed by atoms with E-state index in [4.69, 9.17) is 21.7 Å². The van der Waals surface area contributed by atoms with Crippen molar-refractivity contribution in [2.45, 2.75) is 31.2 Å². The molecule has 0 bridgehead atoms. The number of thioether (sulfide) groups is 1. The van der Waals surface area contributed by atoms with E-state index < -0.39 is 5.97 Å². The molecular formula is C25H22N2O5S2. The second kappa shape index (κ2) is 8.32. The minimum Gasteiger partial charge on any atom is -0.468 e. The van der Waals surface area contributed by atoms with Crippen LogP contribution in [0.2, 0.25) is 0 Å². The van der Waals surface area contributed by atoms with Gasteiger partial charge in [0.2, 0.25) is 6.79 Å². The van der Waals surface area contributed by atoms with Crippen LogP contribution in [0.3, 0.4) is 0 Å². The number of esters is 1. The average molecular weight is 495 g/mol. The minimum atomic E-state index is -0.494. The predicted molar refractivity (Wildman–Crippen MR) is 133 cm³/mol. The molecule has 9 heteroatoms. The summed E-state index contributed by atoms with van der Waals surface area (Å²) in [6.07, 6.45) is 5.33. The Labute approximate surface area is 206 Å². The maximum Gasteiger partial charge on any atom is 0.325 e. The van der Waals surface area contributed by atoms with Crippen LogP contribution in [0.5, 0.6) is 11.5 Å². The molecule has 0 spiro atoms. The third kappa shape index (κ3) is 3.45. The van der Waals surface area contributed by atoms with Gasteiger partial charge >= 0.3 is 5.97 Å². The molecule has 4 aliphatic rings. The first kappa shape index (κ1) is 21.5. The van der Waals surface area contributed by atoms with Crippen molar-refractivity contribution in [2.24, 2.45) is 0 Å². The maximum atomic E-state index is 12.8. The third-order valence-electron chi connectivity index (χ3n) is 6.84. The van der Waals surface area contributed by atoms with Gasteiger partial charge in [0.05, 0.1) is 12.0 Å². The number of ether oxygens (including phenoxy) is 3. The molecule has 174 valence electrons. The number of nitrogens with zero attached hydrogens (tertiary/aromatic N) is 2. The van der Waals surface area contributed by atoms with Crippen molar-refractivity contribution >= 4 is 57.6 Å². The number of hydrogen-bond acceptors (Lipinski definition) is 8. The highest BCUT2D eigenvalue weighted by molar-refractivity contribution is 8.26. The van der Waals surface area contributed by atoms with Crippen molar-refractivity contribution in [3.63, 3.8) is 0 Å². The molecule has 1 aliphatic carbocycles. The van der Waals surface area contributed by atoms with Gasteiger partial charge in [0.15, 0.2) is 11.5 Å². The molecular weight excluding hydrogens is 472 g/mol. The third-order valence-corrected chi connectivity index (χ3v) is 8.22. The van der Waals surface area contributed by atoms with E-state index in [0.29, 0.717) is 21.2 Å². The lowest BCUT2D eigenvalue weighted by atomic mass is 9.96. The number of anilines is 2. The van der Waals surface area contributed by atoms with Gasteiger partial charge in [0.25, 0.3) is 5.91 Å². The molecule has 2 unspecified atom stereocenters. The van der Waals surface area contributed by atoms with E-state index in [0.717, 1.165) is 35.6 Å². The molecule has 2 fully saturated rings. The molecule has 2 aromatic rings. The fourth-order valence-corrected chi connectivity index (χ4v) is 6.57. The number of rotatable bonds is 4. The smallest absolute Gasteiger partial charge is 0.325 e. The van der Waals surface area contributed by atoms with Gasteiger partial charge in [-0.15, -0.1) is 0 Å². The lowest BCUT2D eigenvalue weighted by molar-refractivity contribution is -0.143. The zero-order valence-corrected chi connectivity index (χ0v) is 20.1. The van der Waals surface area contributed by atoms with Crippen LogP contribution in [0, 0.1) is 0 Å². The fourth-order valence-electron chi connectivity index (χ4n) is 5.32. The molecule has 0 radical (unpaired) electrons. The summed E-state index contributed by atoms with van der Waals surface area (Å²) >= 11 is 6.53. The summed E-state index contributed by atoms with van der Waals surface area (Å²) in [5, 5.41) is 0. The monoisotopic (exact) mass is 494 g/mol. The Morgan fingerprint density at radius 3 is 2.91 bits per heavy atom. The molecule has 2 aromatic carbocycles. The lowest BCUT2D eigenvalue weighted by Gasteiger charge is -2.27. The van der Waals surface area contributed by atoms with Crippen LogP contribution in [-0.4, -0.2) is 47.6 Å². The molecule has 1 saturated carbocycles. The Kier molecular flexibility index (Phi) is 5.26. The van der Waals surface area contributed by atoms with Crippen LogP contribution in [-0.2, 0) is 14.3 Å². The van der Waals surface area contributed by atoms with Crippen molar-refractivity contribution in [1.82, 2.24) is 4.90 Å². The first-order chi connectivity index (χ1) is 16.5. The van der Waals surface area contributed by atoms with E-state index in [1.165, 1.54) is 41.4 Å². The van der Waals surface area contributed by atoms with Crippen molar-refractivity contribution in [2.75, 3.05) is 25.3 Å². The lowest BCUT2D eigenvalue weighted by Crippen LogP contribution is -2.33. The van der Waals surface area contributed by atoms with E-state index in [1.54, 1.807) is 0 Å². The number of thiocarbonyl (C=S) groups is 1. The summed E-state index contributed by atoms with van der Waals surface area (Å²) in [7, 11) is 1.30. The fraction of sp³-hybridized carbons (Fsp3) is 0.320. The van der Waals surface area contributed by atoms with Gasteiger partial charge in [-0.25, -0.2) is 0 Å². The molecule has 1 amide bonds.